The Kier molecular flexibility index (Phi) is 6.86. The van der Waals surface area contributed by atoms with E-state index in [1.54, 1.807) is 33.0 Å². The molecule has 0 heterocycles. The molecule has 4 nitrogen and oxygen atoms in total. The first kappa shape index (κ1) is 17.7. The van der Waals surface area contributed by atoms with Gasteiger partial charge in [0.2, 0.25) is 0 Å². The SMILES string of the molecule is CCC(C)OC(=O)C(CC(C)C)NC(=O)C(F)(F)F. The van der Waals surface area contributed by atoms with Crippen molar-refractivity contribution in [1.82, 2.24) is 5.32 Å². The molecule has 0 aromatic rings. The van der Waals surface area contributed by atoms with Gasteiger partial charge in [-0.05, 0) is 25.7 Å². The van der Waals surface area contributed by atoms with Gasteiger partial charge >= 0.3 is 18.1 Å². The number of carbonyl (C=O) groups is 2. The number of hydrogen-bond acceptors (Lipinski definition) is 3. The normalized spacial score (nSPS) is 14.9. The van der Waals surface area contributed by atoms with E-state index in [1.807, 2.05) is 0 Å². The molecule has 0 aliphatic rings. The van der Waals surface area contributed by atoms with Crippen molar-refractivity contribution in [2.24, 2.45) is 5.92 Å². The average molecular weight is 283 g/mol. The molecular weight excluding hydrogens is 263 g/mol. The molecule has 7 heteroatoms. The Bertz CT molecular complexity index is 316. The quantitative estimate of drug-likeness (QED) is 0.762. The Hall–Kier alpha value is -1.27. The van der Waals surface area contributed by atoms with Crippen molar-refractivity contribution in [2.45, 2.75) is 58.9 Å². The lowest BCUT2D eigenvalue weighted by Crippen LogP contribution is -2.48. The lowest BCUT2D eigenvalue weighted by Gasteiger charge is -2.21. The molecule has 1 amide bonds. The lowest BCUT2D eigenvalue weighted by molar-refractivity contribution is -0.176. The highest BCUT2D eigenvalue weighted by molar-refractivity contribution is 5.87. The van der Waals surface area contributed by atoms with Gasteiger partial charge in [-0.25, -0.2) is 4.79 Å². The van der Waals surface area contributed by atoms with Crippen LogP contribution in [0, 0.1) is 5.92 Å². The van der Waals surface area contributed by atoms with Crippen LogP contribution in [0.1, 0.15) is 40.5 Å². The third-order valence-electron chi connectivity index (χ3n) is 2.45. The van der Waals surface area contributed by atoms with Crippen LogP contribution in [0.5, 0.6) is 0 Å². The van der Waals surface area contributed by atoms with E-state index in [4.69, 9.17) is 4.74 Å². The Balaban J connectivity index is 4.72. The largest absolute Gasteiger partial charge is 0.471 e. The molecule has 0 fully saturated rings. The summed E-state index contributed by atoms with van der Waals surface area (Å²) < 4.78 is 41.5. The van der Waals surface area contributed by atoms with Crippen molar-refractivity contribution in [3.05, 3.63) is 0 Å². The molecule has 0 aliphatic carbocycles. The minimum atomic E-state index is -5.01. The highest BCUT2D eigenvalue weighted by Gasteiger charge is 2.41. The number of hydrogen-bond donors (Lipinski definition) is 1. The van der Waals surface area contributed by atoms with Crippen molar-refractivity contribution < 1.29 is 27.5 Å². The van der Waals surface area contributed by atoms with Gasteiger partial charge in [0.1, 0.15) is 6.04 Å². The predicted molar refractivity (Wildman–Crippen MR) is 63.3 cm³/mol. The summed E-state index contributed by atoms with van der Waals surface area (Å²) >= 11 is 0. The van der Waals surface area contributed by atoms with Crippen molar-refractivity contribution >= 4 is 11.9 Å². The third-order valence-corrected chi connectivity index (χ3v) is 2.45. The summed E-state index contributed by atoms with van der Waals surface area (Å²) in [5.41, 5.74) is 0. The van der Waals surface area contributed by atoms with Gasteiger partial charge in [-0.1, -0.05) is 20.8 Å². The van der Waals surface area contributed by atoms with Crippen molar-refractivity contribution in [1.29, 1.82) is 0 Å². The minimum Gasteiger partial charge on any atom is -0.461 e. The highest BCUT2D eigenvalue weighted by Crippen LogP contribution is 2.16. The lowest BCUT2D eigenvalue weighted by atomic mass is 10.0. The number of amides is 1. The summed E-state index contributed by atoms with van der Waals surface area (Å²) in [5, 5.41) is 1.68. The van der Waals surface area contributed by atoms with Gasteiger partial charge in [-0.3, -0.25) is 4.79 Å². The van der Waals surface area contributed by atoms with Gasteiger partial charge in [-0.2, -0.15) is 13.2 Å². The summed E-state index contributed by atoms with van der Waals surface area (Å²) in [6.45, 7) is 6.89. The third kappa shape index (κ3) is 7.03. The smallest absolute Gasteiger partial charge is 0.461 e. The van der Waals surface area contributed by atoms with E-state index >= 15 is 0 Å². The zero-order valence-corrected chi connectivity index (χ0v) is 11.5. The number of alkyl halides is 3. The molecule has 0 saturated heterocycles. The van der Waals surface area contributed by atoms with E-state index < -0.39 is 30.2 Å². The van der Waals surface area contributed by atoms with Gasteiger partial charge < -0.3 is 10.1 Å². The molecule has 112 valence electrons. The first-order valence-corrected chi connectivity index (χ1v) is 6.16. The monoisotopic (exact) mass is 283 g/mol. The Morgan fingerprint density at radius 3 is 2.11 bits per heavy atom. The maximum Gasteiger partial charge on any atom is 0.471 e. The van der Waals surface area contributed by atoms with Crippen LogP contribution in [0.3, 0.4) is 0 Å². The van der Waals surface area contributed by atoms with Crippen LogP contribution in [0.25, 0.3) is 0 Å². The average Bonchev–Trinajstić information content (AvgIpc) is 2.25. The number of esters is 1. The van der Waals surface area contributed by atoms with E-state index in [0.29, 0.717) is 6.42 Å². The molecule has 2 atom stereocenters. The summed E-state index contributed by atoms with van der Waals surface area (Å²) in [5.74, 6) is -3.01. The fourth-order valence-electron chi connectivity index (χ4n) is 1.29. The maximum atomic E-state index is 12.2. The van der Waals surface area contributed by atoms with Crippen molar-refractivity contribution in [2.75, 3.05) is 0 Å². The van der Waals surface area contributed by atoms with Crippen LogP contribution in [0.4, 0.5) is 13.2 Å². The van der Waals surface area contributed by atoms with Crippen molar-refractivity contribution in [3.8, 4) is 0 Å². The molecule has 0 aliphatic heterocycles. The van der Waals surface area contributed by atoms with E-state index in [9.17, 15) is 22.8 Å². The zero-order valence-electron chi connectivity index (χ0n) is 11.5. The Labute approximate surface area is 110 Å². The molecule has 0 radical (unpaired) electrons. The van der Waals surface area contributed by atoms with Crippen LogP contribution in [0.15, 0.2) is 0 Å². The van der Waals surface area contributed by atoms with E-state index in [0.717, 1.165) is 0 Å². The topological polar surface area (TPSA) is 55.4 Å². The predicted octanol–water partition coefficient (Wildman–Crippen LogP) is 2.42. The zero-order chi connectivity index (χ0) is 15.2. The van der Waals surface area contributed by atoms with Gasteiger partial charge in [0.05, 0.1) is 6.10 Å². The van der Waals surface area contributed by atoms with Crippen LogP contribution >= 0.6 is 0 Å². The molecule has 19 heavy (non-hydrogen) atoms. The van der Waals surface area contributed by atoms with Crippen LogP contribution in [0.2, 0.25) is 0 Å². The van der Waals surface area contributed by atoms with E-state index in [-0.39, 0.29) is 12.3 Å². The standard InChI is InChI=1S/C12H20F3NO3/c1-5-8(4)19-10(17)9(6-7(2)3)16-11(18)12(13,14)15/h7-9H,5-6H2,1-4H3,(H,16,18). The van der Waals surface area contributed by atoms with Gasteiger partial charge in [0.15, 0.2) is 0 Å². The summed E-state index contributed by atoms with van der Waals surface area (Å²) in [6, 6.07) is -1.27. The Morgan fingerprint density at radius 2 is 1.74 bits per heavy atom. The second-order valence-corrected chi connectivity index (χ2v) is 4.81. The summed E-state index contributed by atoms with van der Waals surface area (Å²) in [4.78, 5) is 22.6. The van der Waals surface area contributed by atoms with E-state index in [2.05, 4.69) is 0 Å². The number of rotatable bonds is 6. The first-order chi connectivity index (χ1) is 8.57. The molecule has 0 rings (SSSR count). The molecule has 0 spiro atoms. The number of nitrogens with one attached hydrogen (secondary N) is 1. The number of ether oxygens (including phenoxy) is 1. The highest BCUT2D eigenvalue weighted by atomic mass is 19.4. The maximum absolute atomic E-state index is 12.2. The van der Waals surface area contributed by atoms with Crippen molar-refractivity contribution in [3.63, 3.8) is 0 Å². The molecule has 0 saturated carbocycles. The summed E-state index contributed by atoms with van der Waals surface area (Å²) in [7, 11) is 0. The molecule has 2 unspecified atom stereocenters. The van der Waals surface area contributed by atoms with Gasteiger partial charge in [-0.15, -0.1) is 0 Å². The first-order valence-electron chi connectivity index (χ1n) is 6.16. The van der Waals surface area contributed by atoms with Gasteiger partial charge in [0.25, 0.3) is 0 Å². The molecular formula is C12H20F3NO3. The van der Waals surface area contributed by atoms with Crippen LogP contribution < -0.4 is 5.32 Å². The molecule has 0 aromatic carbocycles. The fourth-order valence-corrected chi connectivity index (χ4v) is 1.29. The second kappa shape index (κ2) is 7.35. The van der Waals surface area contributed by atoms with Crippen LogP contribution in [-0.4, -0.2) is 30.2 Å². The molecule has 0 aromatic heterocycles. The number of halogens is 3. The molecule has 0 bridgehead atoms. The molecule has 1 N–H and O–H groups in total. The minimum absolute atomic E-state index is 0.0528. The fraction of sp³-hybridized carbons (Fsp3) is 0.833. The van der Waals surface area contributed by atoms with Crippen LogP contribution in [-0.2, 0) is 14.3 Å². The van der Waals surface area contributed by atoms with E-state index in [1.165, 1.54) is 0 Å². The number of carbonyl (C=O) groups excluding carboxylic acids is 2. The Morgan fingerprint density at radius 1 is 1.21 bits per heavy atom. The van der Waals surface area contributed by atoms with Gasteiger partial charge in [0, 0.05) is 0 Å². The second-order valence-electron chi connectivity index (χ2n) is 4.81. The summed E-state index contributed by atoms with van der Waals surface area (Å²) in [6.07, 6.45) is -4.76.